The van der Waals surface area contributed by atoms with E-state index in [1.54, 1.807) is 12.1 Å². The molecule has 0 fully saturated rings. The van der Waals surface area contributed by atoms with E-state index in [0.29, 0.717) is 5.69 Å². The van der Waals surface area contributed by atoms with Crippen molar-refractivity contribution in [3.63, 3.8) is 0 Å². The second-order valence-electron chi connectivity index (χ2n) is 3.61. The molecule has 17 heavy (non-hydrogen) atoms. The van der Waals surface area contributed by atoms with Crippen molar-refractivity contribution in [1.82, 2.24) is 0 Å². The van der Waals surface area contributed by atoms with E-state index in [9.17, 15) is 9.59 Å². The number of anilines is 1. The molecule has 0 spiro atoms. The number of ketones is 1. The monoisotopic (exact) mass is 230 g/mol. The Hall–Kier alpha value is -2.32. The van der Waals surface area contributed by atoms with E-state index in [1.807, 2.05) is 12.1 Å². The van der Waals surface area contributed by atoms with Crippen LogP contribution in [0.4, 0.5) is 5.69 Å². The van der Waals surface area contributed by atoms with E-state index in [4.69, 9.17) is 10.8 Å². The number of nitrogens with two attached hydrogens (primary N) is 1. The number of fused-ring (bicyclic) bond motifs is 1. The summed E-state index contributed by atoms with van der Waals surface area (Å²) >= 11 is 0. The van der Waals surface area contributed by atoms with Crippen LogP contribution in [0, 0.1) is 11.8 Å². The number of carbonyl (C=O) groups is 2. The summed E-state index contributed by atoms with van der Waals surface area (Å²) in [6, 6.07) is 4.81. The summed E-state index contributed by atoms with van der Waals surface area (Å²) in [5.74, 6) is 3.47. The maximum absolute atomic E-state index is 11.7. The highest BCUT2D eigenvalue weighted by Gasteiger charge is 2.29. The number of carboxylic acids is 1. The molecule has 1 aromatic rings. The molecule has 1 heterocycles. The molecule has 5 heteroatoms. The third-order valence-electron chi connectivity index (χ3n) is 2.44. The topological polar surface area (TPSA) is 92.4 Å². The van der Waals surface area contributed by atoms with E-state index < -0.39 is 23.8 Å². The van der Waals surface area contributed by atoms with Crippen LogP contribution in [0.25, 0.3) is 0 Å². The highest BCUT2D eigenvalue weighted by molar-refractivity contribution is 6.07. The largest absolute Gasteiger partial charge is 0.480 e. The molecule has 2 atom stereocenters. The van der Waals surface area contributed by atoms with Crippen LogP contribution in [0.3, 0.4) is 0 Å². The van der Waals surface area contributed by atoms with E-state index in [2.05, 4.69) is 17.2 Å². The predicted octanol–water partition coefficient (Wildman–Crippen LogP) is -0.187. The highest BCUT2D eigenvalue weighted by Crippen LogP contribution is 2.18. The van der Waals surface area contributed by atoms with Crippen molar-refractivity contribution in [1.29, 1.82) is 0 Å². The number of hydrogen-bond acceptors (Lipinski definition) is 4. The van der Waals surface area contributed by atoms with Gasteiger partial charge in [-0.2, -0.15) is 0 Å². The zero-order valence-corrected chi connectivity index (χ0v) is 8.81. The van der Waals surface area contributed by atoms with Crippen molar-refractivity contribution in [2.75, 3.05) is 5.32 Å². The number of para-hydroxylation sites is 1. The van der Waals surface area contributed by atoms with Gasteiger partial charge in [-0.05, 0) is 12.1 Å². The third-order valence-corrected chi connectivity index (χ3v) is 2.44. The lowest BCUT2D eigenvalue weighted by Gasteiger charge is -2.19. The molecule has 1 aromatic carbocycles. The molecule has 4 N–H and O–H groups in total. The van der Waals surface area contributed by atoms with Crippen LogP contribution in [0.2, 0.25) is 0 Å². The number of hydrogen-bond donors (Lipinski definition) is 3. The van der Waals surface area contributed by atoms with Gasteiger partial charge in [0.1, 0.15) is 6.04 Å². The van der Waals surface area contributed by atoms with Gasteiger partial charge < -0.3 is 16.2 Å². The zero-order chi connectivity index (χ0) is 12.4. The predicted molar refractivity (Wildman–Crippen MR) is 61.3 cm³/mol. The van der Waals surface area contributed by atoms with E-state index >= 15 is 0 Å². The summed E-state index contributed by atoms with van der Waals surface area (Å²) in [5, 5.41) is 11.5. The number of carbonyl (C=O) groups excluding carboxylic acids is 1. The van der Waals surface area contributed by atoms with Crippen molar-refractivity contribution in [2.45, 2.75) is 12.1 Å². The van der Waals surface area contributed by atoms with Crippen LogP contribution in [0.1, 0.15) is 5.56 Å². The average Bonchev–Trinajstić information content (AvgIpc) is 2.36. The van der Waals surface area contributed by atoms with Crippen LogP contribution in [-0.4, -0.2) is 28.9 Å². The first-order valence-electron chi connectivity index (χ1n) is 4.99. The lowest BCUT2D eigenvalue weighted by Crippen LogP contribution is -2.47. The van der Waals surface area contributed by atoms with Crippen LogP contribution in [0.15, 0.2) is 24.3 Å². The molecule has 0 aromatic heterocycles. The zero-order valence-electron chi connectivity index (χ0n) is 8.81. The molecule has 0 bridgehead atoms. The molecule has 5 nitrogen and oxygen atoms in total. The van der Waals surface area contributed by atoms with Gasteiger partial charge in [-0.3, -0.25) is 9.59 Å². The quantitative estimate of drug-likeness (QED) is 0.494. The lowest BCUT2D eigenvalue weighted by atomic mass is 10.0. The maximum Gasteiger partial charge on any atom is 0.328 e. The van der Waals surface area contributed by atoms with Gasteiger partial charge in [0.05, 0.1) is 5.69 Å². The molecule has 2 unspecified atom stereocenters. The smallest absolute Gasteiger partial charge is 0.328 e. The lowest BCUT2D eigenvalue weighted by molar-refractivity contribution is -0.142. The fraction of sp³-hybridized carbons (Fsp3) is 0.167. The van der Waals surface area contributed by atoms with E-state index in [0.717, 1.165) is 5.56 Å². The average molecular weight is 230 g/mol. The van der Waals surface area contributed by atoms with Crippen LogP contribution in [0.5, 0.6) is 0 Å². The van der Waals surface area contributed by atoms with Gasteiger partial charge in [0.2, 0.25) is 0 Å². The molecular weight excluding hydrogens is 220 g/mol. The molecule has 0 amide bonds. The summed E-state index contributed by atoms with van der Waals surface area (Å²) < 4.78 is 0. The van der Waals surface area contributed by atoms with Gasteiger partial charge in [0.25, 0.3) is 0 Å². The van der Waals surface area contributed by atoms with E-state index in [1.165, 1.54) is 0 Å². The van der Waals surface area contributed by atoms with Gasteiger partial charge >= 0.3 is 5.97 Å². The second-order valence-corrected chi connectivity index (χ2v) is 3.61. The van der Waals surface area contributed by atoms with Gasteiger partial charge in [0, 0.05) is 5.56 Å². The Morgan fingerprint density at radius 1 is 1.41 bits per heavy atom. The third kappa shape index (κ3) is 2.12. The molecule has 2 rings (SSSR count). The van der Waals surface area contributed by atoms with Gasteiger partial charge in [-0.15, -0.1) is 0 Å². The number of carboxylic acid groups (broad SMARTS) is 1. The van der Waals surface area contributed by atoms with Crippen LogP contribution in [-0.2, 0) is 9.59 Å². The van der Waals surface area contributed by atoms with Crippen molar-refractivity contribution < 1.29 is 14.7 Å². The normalized spacial score (nSPS) is 18.1. The summed E-state index contributed by atoms with van der Waals surface area (Å²) in [6.07, 6.45) is 0. The fourth-order valence-electron chi connectivity index (χ4n) is 1.50. The summed E-state index contributed by atoms with van der Waals surface area (Å²) in [6.45, 7) is 0. The van der Waals surface area contributed by atoms with Crippen molar-refractivity contribution in [2.24, 2.45) is 5.73 Å². The summed E-state index contributed by atoms with van der Waals surface area (Å²) in [7, 11) is 0. The highest BCUT2D eigenvalue weighted by atomic mass is 16.4. The standard InChI is InChI=1S/C12H10N2O3/c13-10(12(16)17)11(15)9-6-5-7-3-1-2-4-8(7)14-9/h1-4,9-10,14H,13H2,(H,16,17). The molecule has 0 aliphatic carbocycles. The van der Waals surface area contributed by atoms with Crippen molar-refractivity contribution >= 4 is 17.4 Å². The molecular formula is C12H10N2O3. The fourth-order valence-corrected chi connectivity index (χ4v) is 1.50. The SMILES string of the molecule is NC(C(=O)O)C(=O)C1C#Cc2ccccc2N1. The molecule has 1 aliphatic rings. The first-order chi connectivity index (χ1) is 8.09. The Kier molecular flexibility index (Phi) is 2.81. The molecule has 0 radical (unpaired) electrons. The summed E-state index contributed by atoms with van der Waals surface area (Å²) in [4.78, 5) is 22.3. The van der Waals surface area contributed by atoms with Crippen molar-refractivity contribution in [3.8, 4) is 11.8 Å². The Morgan fingerprint density at radius 2 is 2.12 bits per heavy atom. The Morgan fingerprint density at radius 3 is 2.82 bits per heavy atom. The van der Waals surface area contributed by atoms with Gasteiger partial charge in [-0.1, -0.05) is 24.0 Å². The van der Waals surface area contributed by atoms with Gasteiger partial charge in [0.15, 0.2) is 11.8 Å². The van der Waals surface area contributed by atoms with Crippen molar-refractivity contribution in [3.05, 3.63) is 29.8 Å². The number of rotatable bonds is 3. The number of Topliss-reactive ketones (excluding diaryl/α,β-unsaturated/α-hetero) is 1. The van der Waals surface area contributed by atoms with E-state index in [-0.39, 0.29) is 0 Å². The Balaban J connectivity index is 2.22. The summed E-state index contributed by atoms with van der Waals surface area (Å²) in [5.41, 5.74) is 6.74. The Bertz CT molecular complexity index is 542. The minimum atomic E-state index is -1.55. The number of benzene rings is 1. The second kappa shape index (κ2) is 4.28. The van der Waals surface area contributed by atoms with Crippen LogP contribution >= 0.6 is 0 Å². The molecule has 0 saturated heterocycles. The minimum absolute atomic E-state index is 0.639. The first kappa shape index (κ1) is 11.2. The van der Waals surface area contributed by atoms with Crippen LogP contribution < -0.4 is 11.1 Å². The maximum atomic E-state index is 11.7. The van der Waals surface area contributed by atoms with Gasteiger partial charge in [-0.25, -0.2) is 0 Å². The molecule has 0 saturated carbocycles. The Labute approximate surface area is 97.6 Å². The minimum Gasteiger partial charge on any atom is -0.480 e. The number of nitrogens with one attached hydrogen (secondary N) is 1. The molecule has 86 valence electrons. The molecule has 1 aliphatic heterocycles. The number of aliphatic carboxylic acids is 1. The first-order valence-corrected chi connectivity index (χ1v) is 4.99.